The molecule has 3 aromatic carbocycles. The first-order valence-corrected chi connectivity index (χ1v) is 9.45. The molecular formula is C24H22FNO2. The first-order chi connectivity index (χ1) is 13.5. The predicted octanol–water partition coefficient (Wildman–Crippen LogP) is 5.08. The van der Waals surface area contributed by atoms with E-state index in [0.717, 1.165) is 36.2 Å². The number of hydrogen-bond donors (Lipinski definition) is 1. The molecule has 1 N–H and O–H groups in total. The van der Waals surface area contributed by atoms with Gasteiger partial charge in [-0.25, -0.2) is 4.39 Å². The highest BCUT2D eigenvalue weighted by Gasteiger charge is 2.28. The second-order valence-electron chi connectivity index (χ2n) is 7.28. The molecule has 0 aliphatic carbocycles. The Hall–Kier alpha value is -3.14. The van der Waals surface area contributed by atoms with E-state index in [9.17, 15) is 14.3 Å². The molecule has 0 spiro atoms. The molecule has 0 radical (unpaired) electrons. The second kappa shape index (κ2) is 7.47. The molecule has 1 atom stereocenters. The summed E-state index contributed by atoms with van der Waals surface area (Å²) in [6.45, 7) is 2.35. The number of benzene rings is 3. The molecule has 142 valence electrons. The van der Waals surface area contributed by atoms with Gasteiger partial charge in [-0.3, -0.25) is 4.79 Å². The summed E-state index contributed by atoms with van der Waals surface area (Å²) in [5, 5.41) is 9.87. The number of aromatic hydroxyl groups is 1. The molecule has 0 aromatic heterocycles. The minimum absolute atomic E-state index is 0.0537. The van der Waals surface area contributed by atoms with Crippen molar-refractivity contribution in [1.82, 2.24) is 0 Å². The third-order valence-corrected chi connectivity index (χ3v) is 5.43. The zero-order valence-electron chi connectivity index (χ0n) is 15.7. The zero-order valence-corrected chi connectivity index (χ0v) is 15.7. The molecule has 3 nitrogen and oxygen atoms in total. The normalized spacial score (nSPS) is 15.9. The molecule has 0 amide bonds. The van der Waals surface area contributed by atoms with E-state index in [0.29, 0.717) is 5.56 Å². The van der Waals surface area contributed by atoms with Crippen molar-refractivity contribution in [1.29, 1.82) is 0 Å². The molecule has 0 bridgehead atoms. The predicted molar refractivity (Wildman–Crippen MR) is 108 cm³/mol. The van der Waals surface area contributed by atoms with Crippen LogP contribution in [0.1, 0.15) is 40.0 Å². The first kappa shape index (κ1) is 18.2. The molecule has 0 fully saturated rings. The molecule has 3 aromatic rings. The number of carbonyl (C=O) groups excluding carboxylic acids is 1. The minimum Gasteiger partial charge on any atom is -0.508 e. The SMILES string of the molecule is CC(=O)c1ccc(CC2c3ccc(O)cc3CCN2c2ccc(F)cc2)cc1. The number of hydrogen-bond acceptors (Lipinski definition) is 3. The minimum atomic E-state index is -0.248. The van der Waals surface area contributed by atoms with Crippen LogP contribution in [-0.2, 0) is 12.8 Å². The van der Waals surface area contributed by atoms with Crippen LogP contribution < -0.4 is 4.90 Å². The zero-order chi connectivity index (χ0) is 19.7. The smallest absolute Gasteiger partial charge is 0.159 e. The summed E-state index contributed by atoms with van der Waals surface area (Å²) in [6.07, 6.45) is 1.58. The van der Waals surface area contributed by atoms with E-state index >= 15 is 0 Å². The van der Waals surface area contributed by atoms with Crippen LogP contribution in [0.25, 0.3) is 0 Å². The molecule has 4 heteroatoms. The third-order valence-electron chi connectivity index (χ3n) is 5.43. The monoisotopic (exact) mass is 375 g/mol. The highest BCUT2D eigenvalue weighted by Crippen LogP contribution is 2.37. The van der Waals surface area contributed by atoms with Crippen molar-refractivity contribution in [3.05, 3.63) is 94.8 Å². The van der Waals surface area contributed by atoms with E-state index < -0.39 is 0 Å². The molecule has 28 heavy (non-hydrogen) atoms. The van der Waals surface area contributed by atoms with Gasteiger partial charge in [0, 0.05) is 17.8 Å². The number of ketones is 1. The van der Waals surface area contributed by atoms with Gasteiger partial charge in [0.15, 0.2) is 5.78 Å². The molecule has 1 unspecified atom stereocenters. The quantitative estimate of drug-likeness (QED) is 0.647. The van der Waals surface area contributed by atoms with Gasteiger partial charge in [-0.05, 0) is 72.9 Å². The fourth-order valence-electron chi connectivity index (χ4n) is 3.96. The van der Waals surface area contributed by atoms with Crippen molar-refractivity contribution in [2.45, 2.75) is 25.8 Å². The molecular weight excluding hydrogens is 353 g/mol. The van der Waals surface area contributed by atoms with Crippen LogP contribution in [0.3, 0.4) is 0 Å². The van der Waals surface area contributed by atoms with Crippen LogP contribution >= 0.6 is 0 Å². The topological polar surface area (TPSA) is 40.5 Å². The lowest BCUT2D eigenvalue weighted by Gasteiger charge is -2.39. The van der Waals surface area contributed by atoms with Gasteiger partial charge in [-0.15, -0.1) is 0 Å². The maximum atomic E-state index is 13.4. The second-order valence-corrected chi connectivity index (χ2v) is 7.28. The summed E-state index contributed by atoms with van der Waals surface area (Å²) in [5.41, 5.74) is 5.12. The Morgan fingerprint density at radius 3 is 2.46 bits per heavy atom. The van der Waals surface area contributed by atoms with Crippen molar-refractivity contribution < 1.29 is 14.3 Å². The number of fused-ring (bicyclic) bond motifs is 1. The number of halogens is 1. The first-order valence-electron chi connectivity index (χ1n) is 9.45. The Morgan fingerprint density at radius 1 is 1.07 bits per heavy atom. The number of anilines is 1. The number of phenolic OH excluding ortho intramolecular Hbond substituents is 1. The molecule has 1 aliphatic rings. The van der Waals surface area contributed by atoms with Crippen molar-refractivity contribution >= 4 is 11.5 Å². The Bertz CT molecular complexity index is 996. The lowest BCUT2D eigenvalue weighted by Crippen LogP contribution is -2.36. The fourth-order valence-corrected chi connectivity index (χ4v) is 3.96. The molecule has 1 heterocycles. The van der Waals surface area contributed by atoms with Crippen LogP contribution in [0.4, 0.5) is 10.1 Å². The average molecular weight is 375 g/mol. The van der Waals surface area contributed by atoms with E-state index in [2.05, 4.69) is 4.90 Å². The Morgan fingerprint density at radius 2 is 1.79 bits per heavy atom. The van der Waals surface area contributed by atoms with Crippen LogP contribution in [0, 0.1) is 5.82 Å². The highest BCUT2D eigenvalue weighted by molar-refractivity contribution is 5.94. The maximum Gasteiger partial charge on any atom is 0.159 e. The molecule has 1 aliphatic heterocycles. The van der Waals surface area contributed by atoms with Crippen LogP contribution in [-0.4, -0.2) is 17.4 Å². The summed E-state index contributed by atoms with van der Waals surface area (Å²) in [4.78, 5) is 13.8. The van der Waals surface area contributed by atoms with E-state index in [1.807, 2.05) is 48.5 Å². The number of nitrogens with zero attached hydrogens (tertiary/aromatic N) is 1. The summed E-state index contributed by atoms with van der Waals surface area (Å²) in [5.74, 6) is 0.0824. The van der Waals surface area contributed by atoms with Gasteiger partial charge >= 0.3 is 0 Å². The molecule has 0 saturated heterocycles. The maximum absolute atomic E-state index is 13.4. The average Bonchev–Trinajstić information content (AvgIpc) is 2.69. The number of phenols is 1. The van der Waals surface area contributed by atoms with E-state index in [1.54, 1.807) is 13.0 Å². The van der Waals surface area contributed by atoms with Gasteiger partial charge in [0.05, 0.1) is 6.04 Å². The fraction of sp³-hybridized carbons (Fsp3) is 0.208. The van der Waals surface area contributed by atoms with Gasteiger partial charge in [-0.2, -0.15) is 0 Å². The summed E-state index contributed by atoms with van der Waals surface area (Å²) in [7, 11) is 0. The van der Waals surface area contributed by atoms with Crippen molar-refractivity contribution in [2.75, 3.05) is 11.4 Å². The summed E-state index contributed by atoms with van der Waals surface area (Å²) < 4.78 is 13.4. The van der Waals surface area contributed by atoms with E-state index in [4.69, 9.17) is 0 Å². The Kier molecular flexibility index (Phi) is 4.86. The van der Waals surface area contributed by atoms with Gasteiger partial charge < -0.3 is 10.0 Å². The molecule has 4 rings (SSSR count). The van der Waals surface area contributed by atoms with Gasteiger partial charge in [0.1, 0.15) is 11.6 Å². The van der Waals surface area contributed by atoms with Crippen molar-refractivity contribution in [3.63, 3.8) is 0 Å². The van der Waals surface area contributed by atoms with Gasteiger partial charge in [0.25, 0.3) is 0 Å². The van der Waals surface area contributed by atoms with Crippen LogP contribution in [0.2, 0.25) is 0 Å². The van der Waals surface area contributed by atoms with Crippen molar-refractivity contribution in [2.24, 2.45) is 0 Å². The van der Waals surface area contributed by atoms with E-state index in [1.165, 1.54) is 17.7 Å². The summed E-state index contributed by atoms with van der Waals surface area (Å²) in [6, 6.07) is 19.9. The summed E-state index contributed by atoms with van der Waals surface area (Å²) >= 11 is 0. The van der Waals surface area contributed by atoms with Crippen LogP contribution in [0.15, 0.2) is 66.7 Å². The lowest BCUT2D eigenvalue weighted by atomic mass is 9.88. The number of Topliss-reactive ketones (excluding diaryl/α,β-unsaturated/α-hetero) is 1. The van der Waals surface area contributed by atoms with Crippen molar-refractivity contribution in [3.8, 4) is 5.75 Å². The number of carbonyl (C=O) groups is 1. The Labute approximate surface area is 164 Å². The standard InChI is InChI=1S/C24H22FNO2/c1-16(27)18-4-2-17(3-5-18)14-24-23-11-10-22(28)15-19(23)12-13-26(24)21-8-6-20(25)7-9-21/h2-11,15,24,28H,12-14H2,1H3. The lowest BCUT2D eigenvalue weighted by molar-refractivity contribution is 0.101. The Balaban J connectivity index is 1.71. The third kappa shape index (κ3) is 3.63. The number of rotatable bonds is 4. The van der Waals surface area contributed by atoms with Gasteiger partial charge in [0.2, 0.25) is 0 Å². The molecule has 0 saturated carbocycles. The van der Waals surface area contributed by atoms with E-state index in [-0.39, 0.29) is 23.4 Å². The van der Waals surface area contributed by atoms with Crippen LogP contribution in [0.5, 0.6) is 5.75 Å². The largest absolute Gasteiger partial charge is 0.508 e. The highest BCUT2D eigenvalue weighted by atomic mass is 19.1. The van der Waals surface area contributed by atoms with Gasteiger partial charge in [-0.1, -0.05) is 30.3 Å².